The summed E-state index contributed by atoms with van der Waals surface area (Å²) in [6.07, 6.45) is 1.52. The molecule has 1 aliphatic heterocycles. The Bertz CT molecular complexity index is 450. The number of carbonyl (C=O) groups is 1. The summed E-state index contributed by atoms with van der Waals surface area (Å²) in [6.45, 7) is 1.79. The maximum atomic E-state index is 10.8. The number of anilines is 1. The van der Waals surface area contributed by atoms with Crippen molar-refractivity contribution in [3.05, 3.63) is 24.3 Å². The van der Waals surface area contributed by atoms with Crippen LogP contribution >= 0.6 is 0 Å². The van der Waals surface area contributed by atoms with E-state index in [-0.39, 0.29) is 0 Å². The van der Waals surface area contributed by atoms with E-state index < -0.39 is 12.0 Å². The second-order valence-corrected chi connectivity index (χ2v) is 4.98. The van der Waals surface area contributed by atoms with Gasteiger partial charge in [-0.3, -0.25) is 4.79 Å². The SMILES string of the molecule is COc1cccc(N2CCC(CC(N)C(=O)O)C2)c1. The minimum atomic E-state index is -0.917. The second-order valence-electron chi connectivity index (χ2n) is 4.98. The zero-order valence-corrected chi connectivity index (χ0v) is 11.1. The van der Waals surface area contributed by atoms with Gasteiger partial charge in [0.15, 0.2) is 0 Å². The molecule has 2 rings (SSSR count). The quantitative estimate of drug-likeness (QED) is 0.839. The normalized spacial score (nSPS) is 20.3. The van der Waals surface area contributed by atoms with Crippen molar-refractivity contribution in [2.24, 2.45) is 11.7 Å². The molecule has 0 saturated carbocycles. The summed E-state index contributed by atoms with van der Waals surface area (Å²) in [7, 11) is 1.65. The van der Waals surface area contributed by atoms with E-state index in [0.29, 0.717) is 12.3 Å². The highest BCUT2D eigenvalue weighted by atomic mass is 16.5. The van der Waals surface area contributed by atoms with Crippen LogP contribution in [0, 0.1) is 5.92 Å². The van der Waals surface area contributed by atoms with E-state index in [2.05, 4.69) is 4.90 Å². The molecule has 0 radical (unpaired) electrons. The Morgan fingerprint density at radius 1 is 1.63 bits per heavy atom. The second kappa shape index (κ2) is 5.93. The fraction of sp³-hybridized carbons (Fsp3) is 0.500. The van der Waals surface area contributed by atoms with Crippen LogP contribution < -0.4 is 15.4 Å². The van der Waals surface area contributed by atoms with Gasteiger partial charge in [0.25, 0.3) is 0 Å². The molecule has 1 saturated heterocycles. The fourth-order valence-electron chi connectivity index (χ4n) is 2.53. The van der Waals surface area contributed by atoms with Crippen LogP contribution in [0.15, 0.2) is 24.3 Å². The first kappa shape index (κ1) is 13.7. The maximum Gasteiger partial charge on any atom is 0.320 e. The van der Waals surface area contributed by atoms with E-state index in [9.17, 15) is 4.79 Å². The Kier molecular flexibility index (Phi) is 4.27. The maximum absolute atomic E-state index is 10.8. The number of aliphatic carboxylic acids is 1. The average molecular weight is 264 g/mol. The lowest BCUT2D eigenvalue weighted by molar-refractivity contribution is -0.138. The van der Waals surface area contributed by atoms with Crippen LogP contribution in [0.1, 0.15) is 12.8 Å². The molecule has 1 aromatic carbocycles. The molecule has 0 amide bonds. The van der Waals surface area contributed by atoms with Crippen LogP contribution in [0.3, 0.4) is 0 Å². The summed E-state index contributed by atoms with van der Waals surface area (Å²) in [5.41, 5.74) is 6.70. The molecule has 5 heteroatoms. The predicted molar refractivity (Wildman–Crippen MR) is 73.5 cm³/mol. The molecule has 2 unspecified atom stereocenters. The number of hydrogen-bond donors (Lipinski definition) is 2. The molecular formula is C14H20N2O3. The Labute approximate surface area is 113 Å². The number of carboxylic acids is 1. The molecule has 1 aromatic rings. The Balaban J connectivity index is 1.96. The molecule has 1 heterocycles. The lowest BCUT2D eigenvalue weighted by atomic mass is 10.00. The van der Waals surface area contributed by atoms with Crippen molar-refractivity contribution < 1.29 is 14.6 Å². The Morgan fingerprint density at radius 3 is 3.11 bits per heavy atom. The minimum absolute atomic E-state index is 0.345. The number of benzene rings is 1. The van der Waals surface area contributed by atoms with Gasteiger partial charge in [0, 0.05) is 24.8 Å². The first-order chi connectivity index (χ1) is 9.10. The van der Waals surface area contributed by atoms with Crippen LogP contribution in [0.2, 0.25) is 0 Å². The van der Waals surface area contributed by atoms with E-state index in [1.54, 1.807) is 7.11 Å². The Morgan fingerprint density at radius 2 is 2.42 bits per heavy atom. The summed E-state index contributed by atoms with van der Waals surface area (Å²) < 4.78 is 5.21. The van der Waals surface area contributed by atoms with Gasteiger partial charge in [-0.15, -0.1) is 0 Å². The molecule has 1 fully saturated rings. The van der Waals surface area contributed by atoms with Crippen molar-refractivity contribution in [3.8, 4) is 5.75 Å². The van der Waals surface area contributed by atoms with Crippen molar-refractivity contribution in [3.63, 3.8) is 0 Å². The predicted octanol–water partition coefficient (Wildman–Crippen LogP) is 1.32. The van der Waals surface area contributed by atoms with Gasteiger partial charge >= 0.3 is 5.97 Å². The topological polar surface area (TPSA) is 75.8 Å². The molecular weight excluding hydrogens is 244 g/mol. The highest BCUT2D eigenvalue weighted by Gasteiger charge is 2.26. The van der Waals surface area contributed by atoms with E-state index >= 15 is 0 Å². The third-order valence-electron chi connectivity index (χ3n) is 3.61. The van der Waals surface area contributed by atoms with Crippen LogP contribution in [0.5, 0.6) is 5.75 Å². The molecule has 2 atom stereocenters. The monoisotopic (exact) mass is 264 g/mol. The summed E-state index contributed by atoms with van der Waals surface area (Å²) >= 11 is 0. The summed E-state index contributed by atoms with van der Waals surface area (Å²) in [4.78, 5) is 13.0. The molecule has 104 valence electrons. The molecule has 5 nitrogen and oxygen atoms in total. The minimum Gasteiger partial charge on any atom is -0.497 e. The number of hydrogen-bond acceptors (Lipinski definition) is 4. The van der Waals surface area contributed by atoms with Crippen LogP contribution in [0.25, 0.3) is 0 Å². The fourth-order valence-corrected chi connectivity index (χ4v) is 2.53. The van der Waals surface area contributed by atoms with Gasteiger partial charge in [-0.05, 0) is 30.9 Å². The van der Waals surface area contributed by atoms with Gasteiger partial charge in [-0.1, -0.05) is 6.07 Å². The number of carboxylic acid groups (broad SMARTS) is 1. The molecule has 3 N–H and O–H groups in total. The lowest BCUT2D eigenvalue weighted by Gasteiger charge is -2.19. The third kappa shape index (κ3) is 3.38. The number of methoxy groups -OCH3 is 1. The van der Waals surface area contributed by atoms with Crippen LogP contribution in [-0.2, 0) is 4.79 Å². The summed E-state index contributed by atoms with van der Waals surface area (Å²) in [5.74, 6) is 0.264. The van der Waals surface area contributed by atoms with Crippen LogP contribution in [0.4, 0.5) is 5.69 Å². The molecule has 0 aromatic heterocycles. The number of nitrogens with zero attached hydrogens (tertiary/aromatic N) is 1. The largest absolute Gasteiger partial charge is 0.497 e. The van der Waals surface area contributed by atoms with Gasteiger partial charge in [-0.25, -0.2) is 0 Å². The highest BCUT2D eigenvalue weighted by Crippen LogP contribution is 2.28. The van der Waals surface area contributed by atoms with E-state index in [1.165, 1.54) is 0 Å². The molecule has 1 aliphatic rings. The van der Waals surface area contributed by atoms with Crippen molar-refractivity contribution in [1.29, 1.82) is 0 Å². The van der Waals surface area contributed by atoms with Crippen molar-refractivity contribution in [1.82, 2.24) is 0 Å². The zero-order valence-electron chi connectivity index (χ0n) is 11.1. The smallest absolute Gasteiger partial charge is 0.320 e. The first-order valence-corrected chi connectivity index (χ1v) is 6.47. The van der Waals surface area contributed by atoms with E-state index in [0.717, 1.165) is 30.9 Å². The van der Waals surface area contributed by atoms with Gasteiger partial charge in [0.2, 0.25) is 0 Å². The van der Waals surface area contributed by atoms with E-state index in [1.807, 2.05) is 24.3 Å². The van der Waals surface area contributed by atoms with Gasteiger partial charge in [0.1, 0.15) is 11.8 Å². The van der Waals surface area contributed by atoms with Gasteiger partial charge < -0.3 is 20.5 Å². The van der Waals surface area contributed by atoms with E-state index in [4.69, 9.17) is 15.6 Å². The lowest BCUT2D eigenvalue weighted by Crippen LogP contribution is -2.33. The van der Waals surface area contributed by atoms with Crippen molar-refractivity contribution >= 4 is 11.7 Å². The molecule has 0 aliphatic carbocycles. The average Bonchev–Trinajstić information content (AvgIpc) is 2.87. The number of ether oxygens (including phenoxy) is 1. The molecule has 0 bridgehead atoms. The van der Waals surface area contributed by atoms with Gasteiger partial charge in [0.05, 0.1) is 7.11 Å². The van der Waals surface area contributed by atoms with Crippen molar-refractivity contribution in [2.45, 2.75) is 18.9 Å². The standard InChI is InChI=1S/C14H20N2O3/c1-19-12-4-2-3-11(8-12)16-6-5-10(9-16)7-13(15)14(17)18/h2-4,8,10,13H,5-7,9,15H2,1H3,(H,17,18). The third-order valence-corrected chi connectivity index (χ3v) is 3.61. The van der Waals surface area contributed by atoms with Gasteiger partial charge in [-0.2, -0.15) is 0 Å². The summed E-state index contributed by atoms with van der Waals surface area (Å²) in [6, 6.07) is 7.17. The van der Waals surface area contributed by atoms with Crippen molar-refractivity contribution in [2.75, 3.05) is 25.1 Å². The summed E-state index contributed by atoms with van der Waals surface area (Å²) in [5, 5.41) is 8.84. The number of nitrogens with two attached hydrogens (primary N) is 1. The first-order valence-electron chi connectivity index (χ1n) is 6.47. The highest BCUT2D eigenvalue weighted by molar-refractivity contribution is 5.73. The van der Waals surface area contributed by atoms with Crippen LogP contribution in [-0.4, -0.2) is 37.3 Å². The zero-order chi connectivity index (χ0) is 13.8. The molecule has 0 spiro atoms. The number of rotatable bonds is 5. The molecule has 19 heavy (non-hydrogen) atoms. The Hall–Kier alpha value is -1.75.